The van der Waals surface area contributed by atoms with Crippen molar-refractivity contribution in [2.75, 3.05) is 57.8 Å². The van der Waals surface area contributed by atoms with Gasteiger partial charge in [0.05, 0.1) is 24.8 Å². The number of nitriles is 2. The summed E-state index contributed by atoms with van der Waals surface area (Å²) >= 11 is 1.56. The Morgan fingerprint density at radius 2 is 1.97 bits per heavy atom. The van der Waals surface area contributed by atoms with Crippen molar-refractivity contribution in [1.29, 1.82) is 10.5 Å². The van der Waals surface area contributed by atoms with Crippen LogP contribution in [0.2, 0.25) is 0 Å². The standard InChI is InChI=1S/C21H29N5O2S/c22-7-3-8-25(10-11-26-12-14-28-15-13-26)9-6-20(27)24-21-18(16-23)17-4-1-2-5-19(17)29-21/h1-6,8-15H2,(H,24,27). The molecule has 0 saturated carbocycles. The van der Waals surface area contributed by atoms with Crippen LogP contribution in [-0.2, 0) is 22.4 Å². The maximum Gasteiger partial charge on any atom is 0.226 e. The van der Waals surface area contributed by atoms with Crippen molar-refractivity contribution in [3.8, 4) is 12.1 Å². The molecule has 0 atom stereocenters. The lowest BCUT2D eigenvalue weighted by Gasteiger charge is -2.29. The van der Waals surface area contributed by atoms with E-state index in [1.54, 1.807) is 11.3 Å². The maximum atomic E-state index is 12.5. The van der Waals surface area contributed by atoms with Gasteiger partial charge in [-0.15, -0.1) is 11.3 Å². The van der Waals surface area contributed by atoms with Gasteiger partial charge in [-0.05, 0) is 31.2 Å². The highest BCUT2D eigenvalue weighted by atomic mass is 32.1. The van der Waals surface area contributed by atoms with Crippen LogP contribution in [0.5, 0.6) is 0 Å². The van der Waals surface area contributed by atoms with Crippen molar-refractivity contribution in [2.24, 2.45) is 0 Å². The maximum absolute atomic E-state index is 12.5. The smallest absolute Gasteiger partial charge is 0.226 e. The molecule has 0 bridgehead atoms. The fourth-order valence-electron chi connectivity index (χ4n) is 3.87. The number of nitrogens with one attached hydrogen (secondary N) is 1. The molecule has 1 amide bonds. The second-order valence-electron chi connectivity index (χ2n) is 7.53. The Morgan fingerprint density at radius 1 is 1.17 bits per heavy atom. The Balaban J connectivity index is 1.51. The number of anilines is 1. The number of fused-ring (bicyclic) bond motifs is 1. The van der Waals surface area contributed by atoms with Crippen molar-refractivity contribution in [1.82, 2.24) is 9.80 Å². The molecular formula is C21H29N5O2S. The van der Waals surface area contributed by atoms with E-state index in [9.17, 15) is 10.1 Å². The summed E-state index contributed by atoms with van der Waals surface area (Å²) in [7, 11) is 0. The highest BCUT2D eigenvalue weighted by Crippen LogP contribution is 2.37. The fourth-order valence-corrected chi connectivity index (χ4v) is 5.13. The molecule has 2 aliphatic rings. The minimum Gasteiger partial charge on any atom is -0.379 e. The summed E-state index contributed by atoms with van der Waals surface area (Å²) in [5, 5.41) is 22.2. The molecule has 1 saturated heterocycles. The molecule has 1 fully saturated rings. The van der Waals surface area contributed by atoms with Crippen molar-refractivity contribution in [3.05, 3.63) is 16.0 Å². The summed E-state index contributed by atoms with van der Waals surface area (Å²) in [4.78, 5) is 18.3. The van der Waals surface area contributed by atoms with Crippen LogP contribution < -0.4 is 5.32 Å². The third kappa shape index (κ3) is 6.25. The molecule has 156 valence electrons. The SMILES string of the molecule is N#CCCN(CCC(=O)Nc1sc2c(c1C#N)CCCC2)CCN1CCOCC1. The van der Waals surface area contributed by atoms with Crippen LogP contribution in [-0.4, -0.2) is 68.2 Å². The minimum absolute atomic E-state index is 0.0616. The predicted molar refractivity (Wildman–Crippen MR) is 113 cm³/mol. The fraction of sp³-hybridized carbons (Fsp3) is 0.667. The van der Waals surface area contributed by atoms with E-state index in [0.29, 0.717) is 36.5 Å². The second kappa shape index (κ2) is 11.3. The van der Waals surface area contributed by atoms with Crippen LogP contribution in [0, 0.1) is 22.7 Å². The molecule has 0 spiro atoms. The summed E-state index contributed by atoms with van der Waals surface area (Å²) < 4.78 is 5.38. The van der Waals surface area contributed by atoms with Crippen molar-refractivity contribution in [2.45, 2.75) is 38.5 Å². The van der Waals surface area contributed by atoms with Gasteiger partial charge in [0.25, 0.3) is 0 Å². The number of ether oxygens (including phenoxy) is 1. The Labute approximate surface area is 176 Å². The normalized spacial score (nSPS) is 16.8. The number of nitrogens with zero attached hydrogens (tertiary/aromatic N) is 4. The Hall–Kier alpha value is -1.97. The molecule has 0 radical (unpaired) electrons. The van der Waals surface area contributed by atoms with Gasteiger partial charge in [0.15, 0.2) is 0 Å². The lowest BCUT2D eigenvalue weighted by Crippen LogP contribution is -2.42. The number of carbonyl (C=O) groups excluding carboxylic acids is 1. The van der Waals surface area contributed by atoms with Gasteiger partial charge < -0.3 is 15.0 Å². The molecule has 7 nitrogen and oxygen atoms in total. The first-order chi connectivity index (χ1) is 14.2. The third-order valence-electron chi connectivity index (χ3n) is 5.57. The minimum atomic E-state index is -0.0616. The first-order valence-corrected chi connectivity index (χ1v) is 11.3. The second-order valence-corrected chi connectivity index (χ2v) is 8.63. The number of aryl methyl sites for hydroxylation is 1. The van der Waals surface area contributed by atoms with Gasteiger partial charge in [-0.25, -0.2) is 0 Å². The van der Waals surface area contributed by atoms with E-state index < -0.39 is 0 Å². The summed E-state index contributed by atoms with van der Waals surface area (Å²) in [6, 6.07) is 4.49. The van der Waals surface area contributed by atoms with E-state index in [1.807, 2.05) is 0 Å². The molecule has 8 heteroatoms. The van der Waals surface area contributed by atoms with Crippen LogP contribution in [0.15, 0.2) is 0 Å². The number of hydrogen-bond donors (Lipinski definition) is 1. The highest BCUT2D eigenvalue weighted by Gasteiger charge is 2.22. The molecule has 1 aliphatic heterocycles. The number of amides is 1. The number of carbonyl (C=O) groups is 1. The van der Waals surface area contributed by atoms with Crippen molar-refractivity contribution in [3.63, 3.8) is 0 Å². The molecule has 1 aromatic heterocycles. The van der Waals surface area contributed by atoms with E-state index in [4.69, 9.17) is 10.00 Å². The van der Waals surface area contributed by atoms with Crippen LogP contribution in [0.25, 0.3) is 0 Å². The van der Waals surface area contributed by atoms with Gasteiger partial charge in [-0.2, -0.15) is 10.5 Å². The molecule has 0 aromatic carbocycles. The van der Waals surface area contributed by atoms with E-state index in [-0.39, 0.29) is 5.91 Å². The zero-order valence-corrected chi connectivity index (χ0v) is 17.7. The quantitative estimate of drug-likeness (QED) is 0.666. The molecule has 3 rings (SSSR count). The average molecular weight is 416 g/mol. The number of thiophene rings is 1. The Morgan fingerprint density at radius 3 is 2.72 bits per heavy atom. The Bertz CT molecular complexity index is 773. The monoisotopic (exact) mass is 415 g/mol. The molecule has 0 unspecified atom stereocenters. The summed E-state index contributed by atoms with van der Waals surface area (Å²) in [6.07, 6.45) is 5.04. The molecular weight excluding hydrogens is 386 g/mol. The van der Waals surface area contributed by atoms with Crippen molar-refractivity contribution >= 4 is 22.2 Å². The lowest BCUT2D eigenvalue weighted by atomic mass is 9.96. The molecule has 2 heterocycles. The van der Waals surface area contributed by atoms with E-state index in [2.05, 4.69) is 27.3 Å². The van der Waals surface area contributed by atoms with E-state index >= 15 is 0 Å². The number of hydrogen-bond acceptors (Lipinski definition) is 7. The van der Waals surface area contributed by atoms with Gasteiger partial charge >= 0.3 is 0 Å². The zero-order valence-electron chi connectivity index (χ0n) is 16.9. The van der Waals surface area contributed by atoms with Gasteiger partial charge in [-0.1, -0.05) is 0 Å². The molecule has 1 N–H and O–H groups in total. The van der Waals surface area contributed by atoms with Crippen LogP contribution in [0.4, 0.5) is 5.00 Å². The zero-order chi connectivity index (χ0) is 20.5. The molecule has 1 aliphatic carbocycles. The van der Waals surface area contributed by atoms with Crippen molar-refractivity contribution < 1.29 is 9.53 Å². The van der Waals surface area contributed by atoms with Crippen LogP contribution in [0.1, 0.15) is 41.7 Å². The van der Waals surface area contributed by atoms with E-state index in [0.717, 1.165) is 70.6 Å². The van der Waals surface area contributed by atoms with E-state index in [1.165, 1.54) is 4.88 Å². The van der Waals surface area contributed by atoms with Gasteiger partial charge in [0.1, 0.15) is 11.1 Å². The highest BCUT2D eigenvalue weighted by molar-refractivity contribution is 7.16. The van der Waals surface area contributed by atoms with Crippen LogP contribution >= 0.6 is 11.3 Å². The Kier molecular flexibility index (Phi) is 8.45. The molecule has 29 heavy (non-hydrogen) atoms. The largest absolute Gasteiger partial charge is 0.379 e. The van der Waals surface area contributed by atoms with Gasteiger partial charge in [-0.3, -0.25) is 9.69 Å². The van der Waals surface area contributed by atoms with Crippen LogP contribution in [0.3, 0.4) is 0 Å². The summed E-state index contributed by atoms with van der Waals surface area (Å²) in [5.41, 5.74) is 1.80. The topological polar surface area (TPSA) is 92.4 Å². The summed E-state index contributed by atoms with van der Waals surface area (Å²) in [5.74, 6) is -0.0616. The number of morpholine rings is 1. The predicted octanol–water partition coefficient (Wildman–Crippen LogP) is 2.38. The lowest BCUT2D eigenvalue weighted by molar-refractivity contribution is -0.116. The average Bonchev–Trinajstić information content (AvgIpc) is 3.10. The van der Waals surface area contributed by atoms with Gasteiger partial charge in [0.2, 0.25) is 5.91 Å². The van der Waals surface area contributed by atoms with Gasteiger partial charge in [0, 0.05) is 57.0 Å². The number of rotatable bonds is 9. The first kappa shape index (κ1) is 21.7. The third-order valence-corrected chi connectivity index (χ3v) is 6.77. The molecule has 1 aromatic rings. The first-order valence-electron chi connectivity index (χ1n) is 10.4. The summed E-state index contributed by atoms with van der Waals surface area (Å²) in [6.45, 7) is 6.46.